The Labute approximate surface area is 120 Å². The summed E-state index contributed by atoms with van der Waals surface area (Å²) in [6.45, 7) is 3.19. The first-order chi connectivity index (χ1) is 9.47. The zero-order chi connectivity index (χ0) is 14.7. The minimum atomic E-state index is -0.623. The SMILES string of the molecule is C/C(=N\Nc1ccc(Cl)cc1)c1c(O)cc(C)oc1=O. The van der Waals surface area contributed by atoms with Gasteiger partial charge in [0.25, 0.3) is 0 Å². The van der Waals surface area contributed by atoms with Crippen molar-refractivity contribution < 1.29 is 9.52 Å². The Morgan fingerprint density at radius 2 is 2.00 bits per heavy atom. The lowest BCUT2D eigenvalue weighted by molar-refractivity contribution is 0.432. The molecule has 0 fully saturated rings. The predicted octanol–water partition coefficient (Wildman–Crippen LogP) is 3.14. The number of anilines is 1. The van der Waals surface area contributed by atoms with Crippen molar-refractivity contribution in [3.63, 3.8) is 0 Å². The van der Waals surface area contributed by atoms with Crippen LogP contribution in [0.1, 0.15) is 18.2 Å². The number of hydrogen-bond acceptors (Lipinski definition) is 5. The number of rotatable bonds is 3. The highest BCUT2D eigenvalue weighted by Gasteiger charge is 2.12. The maximum absolute atomic E-state index is 11.7. The third-order valence-corrected chi connectivity index (χ3v) is 2.86. The van der Waals surface area contributed by atoms with Crippen molar-refractivity contribution in [3.8, 4) is 5.75 Å². The highest BCUT2D eigenvalue weighted by molar-refractivity contribution is 6.30. The summed E-state index contributed by atoms with van der Waals surface area (Å²) in [7, 11) is 0. The number of aryl methyl sites for hydroxylation is 1. The maximum Gasteiger partial charge on any atom is 0.348 e. The van der Waals surface area contributed by atoms with Crippen LogP contribution in [0, 0.1) is 6.92 Å². The third kappa shape index (κ3) is 3.19. The fourth-order valence-electron chi connectivity index (χ4n) is 1.66. The van der Waals surface area contributed by atoms with Gasteiger partial charge in [0.1, 0.15) is 17.1 Å². The summed E-state index contributed by atoms with van der Waals surface area (Å²) in [5, 5.41) is 14.5. The van der Waals surface area contributed by atoms with Gasteiger partial charge in [-0.1, -0.05) is 11.6 Å². The molecule has 1 heterocycles. The molecule has 0 radical (unpaired) electrons. The average molecular weight is 293 g/mol. The molecule has 0 atom stereocenters. The molecule has 0 bridgehead atoms. The van der Waals surface area contributed by atoms with E-state index in [0.29, 0.717) is 22.2 Å². The molecule has 0 spiro atoms. The van der Waals surface area contributed by atoms with E-state index in [1.807, 2.05) is 0 Å². The molecule has 1 aromatic carbocycles. The summed E-state index contributed by atoms with van der Waals surface area (Å²) < 4.78 is 4.94. The van der Waals surface area contributed by atoms with Crippen molar-refractivity contribution in [1.82, 2.24) is 0 Å². The molecule has 0 amide bonds. The van der Waals surface area contributed by atoms with Crippen molar-refractivity contribution in [2.75, 3.05) is 5.43 Å². The van der Waals surface area contributed by atoms with Crippen LogP contribution in [0.15, 0.2) is 44.6 Å². The lowest BCUT2D eigenvalue weighted by atomic mass is 10.2. The van der Waals surface area contributed by atoms with Crippen LogP contribution >= 0.6 is 11.6 Å². The van der Waals surface area contributed by atoms with Gasteiger partial charge < -0.3 is 9.52 Å². The van der Waals surface area contributed by atoms with Gasteiger partial charge in [0.05, 0.1) is 11.4 Å². The van der Waals surface area contributed by atoms with E-state index in [1.54, 1.807) is 38.1 Å². The number of aromatic hydroxyl groups is 1. The van der Waals surface area contributed by atoms with Crippen LogP contribution in [-0.4, -0.2) is 10.8 Å². The summed E-state index contributed by atoms with van der Waals surface area (Å²) >= 11 is 5.78. The first kappa shape index (κ1) is 14.1. The zero-order valence-corrected chi connectivity index (χ0v) is 11.7. The largest absolute Gasteiger partial charge is 0.507 e. The Kier molecular flexibility index (Phi) is 4.10. The highest BCUT2D eigenvalue weighted by Crippen LogP contribution is 2.16. The number of halogens is 1. The number of benzene rings is 1. The third-order valence-electron chi connectivity index (χ3n) is 2.61. The standard InChI is InChI=1S/C14H13ClN2O3/c1-8-7-12(18)13(14(19)20-8)9(2)16-17-11-5-3-10(15)4-6-11/h3-7,17-18H,1-2H3/b16-9+. The summed E-state index contributed by atoms with van der Waals surface area (Å²) in [5.41, 5.74) is 3.23. The normalized spacial score (nSPS) is 11.4. The molecule has 0 aliphatic heterocycles. The van der Waals surface area contributed by atoms with Crippen molar-refractivity contribution >= 4 is 23.0 Å². The Balaban J connectivity index is 2.27. The second-order valence-corrected chi connectivity index (χ2v) is 4.66. The van der Waals surface area contributed by atoms with E-state index < -0.39 is 5.63 Å². The smallest absolute Gasteiger partial charge is 0.348 e. The van der Waals surface area contributed by atoms with Gasteiger partial charge in [-0.15, -0.1) is 0 Å². The molecule has 20 heavy (non-hydrogen) atoms. The Morgan fingerprint density at radius 1 is 1.35 bits per heavy atom. The Hall–Kier alpha value is -2.27. The first-order valence-corrected chi connectivity index (χ1v) is 6.25. The monoisotopic (exact) mass is 292 g/mol. The molecule has 1 aromatic heterocycles. The minimum Gasteiger partial charge on any atom is -0.507 e. The van der Waals surface area contributed by atoms with Crippen molar-refractivity contribution in [2.45, 2.75) is 13.8 Å². The topological polar surface area (TPSA) is 74.8 Å². The second kappa shape index (κ2) is 5.79. The molecular weight excluding hydrogens is 280 g/mol. The Morgan fingerprint density at radius 3 is 2.60 bits per heavy atom. The van der Waals surface area contributed by atoms with Gasteiger partial charge in [-0.05, 0) is 38.1 Å². The number of hydrogen-bond donors (Lipinski definition) is 2. The molecule has 5 nitrogen and oxygen atoms in total. The zero-order valence-electron chi connectivity index (χ0n) is 11.0. The second-order valence-electron chi connectivity index (χ2n) is 4.22. The molecular formula is C14H13ClN2O3. The molecule has 2 N–H and O–H groups in total. The van der Waals surface area contributed by atoms with E-state index in [4.69, 9.17) is 16.0 Å². The van der Waals surface area contributed by atoms with E-state index in [1.165, 1.54) is 6.07 Å². The number of hydrazone groups is 1. The van der Waals surface area contributed by atoms with E-state index >= 15 is 0 Å². The molecule has 0 aliphatic rings. The highest BCUT2D eigenvalue weighted by atomic mass is 35.5. The quantitative estimate of drug-likeness (QED) is 0.673. The van der Waals surface area contributed by atoms with E-state index in [0.717, 1.165) is 0 Å². The van der Waals surface area contributed by atoms with Crippen molar-refractivity contribution in [3.05, 3.63) is 57.1 Å². The summed E-state index contributed by atoms with van der Waals surface area (Å²) in [4.78, 5) is 11.7. The minimum absolute atomic E-state index is 0.0389. The van der Waals surface area contributed by atoms with Crippen LogP contribution in [0.4, 0.5) is 5.69 Å². The van der Waals surface area contributed by atoms with Gasteiger partial charge >= 0.3 is 5.63 Å². The van der Waals surface area contributed by atoms with E-state index in [9.17, 15) is 9.90 Å². The first-order valence-electron chi connectivity index (χ1n) is 5.87. The molecule has 104 valence electrons. The number of nitrogens with zero attached hydrogens (tertiary/aromatic N) is 1. The van der Waals surface area contributed by atoms with Crippen LogP contribution in [0.5, 0.6) is 5.75 Å². The summed E-state index contributed by atoms with van der Waals surface area (Å²) in [6, 6.07) is 8.30. The maximum atomic E-state index is 11.7. The fourth-order valence-corrected chi connectivity index (χ4v) is 1.78. The van der Waals surface area contributed by atoms with Crippen LogP contribution in [0.2, 0.25) is 5.02 Å². The predicted molar refractivity (Wildman–Crippen MR) is 78.7 cm³/mol. The lowest BCUT2D eigenvalue weighted by Crippen LogP contribution is -2.14. The van der Waals surface area contributed by atoms with Gasteiger partial charge in [-0.3, -0.25) is 5.43 Å². The molecule has 2 rings (SSSR count). The van der Waals surface area contributed by atoms with Crippen molar-refractivity contribution in [2.24, 2.45) is 5.10 Å². The van der Waals surface area contributed by atoms with Crippen LogP contribution in [0.3, 0.4) is 0 Å². The van der Waals surface area contributed by atoms with Gasteiger partial charge in [0.2, 0.25) is 0 Å². The molecule has 0 aliphatic carbocycles. The van der Waals surface area contributed by atoms with Gasteiger partial charge in [-0.25, -0.2) is 4.79 Å². The number of nitrogens with one attached hydrogen (secondary N) is 1. The Bertz CT molecular complexity index is 705. The lowest BCUT2D eigenvalue weighted by Gasteiger charge is -2.05. The molecule has 6 heteroatoms. The van der Waals surface area contributed by atoms with Crippen LogP contribution < -0.4 is 11.1 Å². The van der Waals surface area contributed by atoms with Crippen LogP contribution in [0.25, 0.3) is 0 Å². The molecule has 2 aromatic rings. The summed E-state index contributed by atoms with van der Waals surface area (Å²) in [5.74, 6) is 0.188. The van der Waals surface area contributed by atoms with Gasteiger partial charge in [0.15, 0.2) is 0 Å². The van der Waals surface area contributed by atoms with Gasteiger partial charge in [0, 0.05) is 11.1 Å². The molecule has 0 saturated heterocycles. The van der Waals surface area contributed by atoms with Crippen LogP contribution in [-0.2, 0) is 0 Å². The summed E-state index contributed by atoms with van der Waals surface area (Å²) in [6.07, 6.45) is 0. The van der Waals surface area contributed by atoms with Crippen molar-refractivity contribution in [1.29, 1.82) is 0 Å². The molecule has 0 saturated carbocycles. The van der Waals surface area contributed by atoms with Gasteiger partial charge in [-0.2, -0.15) is 5.10 Å². The molecule has 0 unspecified atom stereocenters. The van der Waals surface area contributed by atoms with E-state index in [2.05, 4.69) is 10.5 Å². The van der Waals surface area contributed by atoms with E-state index in [-0.39, 0.29) is 11.3 Å². The average Bonchev–Trinajstić information content (AvgIpc) is 2.37. The fraction of sp³-hybridized carbons (Fsp3) is 0.143.